The lowest BCUT2D eigenvalue weighted by Gasteiger charge is -2.26. The van der Waals surface area contributed by atoms with Crippen molar-refractivity contribution in [1.82, 2.24) is 10.2 Å². The van der Waals surface area contributed by atoms with Crippen molar-refractivity contribution in [3.63, 3.8) is 0 Å². The minimum Gasteiger partial charge on any atom is -0.346 e. The molecule has 0 saturated carbocycles. The van der Waals surface area contributed by atoms with E-state index in [1.54, 1.807) is 24.1 Å². The standard InChI is InChI=1S/C16H20F3N3O2/c1-21(12-6-3-2-4-7-12)14(23)10-22-9-5-8-13(22)15(24)20-11-16(17,18)19/h2-4,6-7,13H,5,8-11H2,1H3,(H,20,24)/t13-/m1/s1. The van der Waals surface area contributed by atoms with Crippen molar-refractivity contribution in [3.8, 4) is 0 Å². The first kappa shape index (κ1) is 18.3. The van der Waals surface area contributed by atoms with E-state index in [-0.39, 0.29) is 12.5 Å². The highest BCUT2D eigenvalue weighted by Gasteiger charge is 2.35. The molecule has 24 heavy (non-hydrogen) atoms. The second-order valence-corrected chi connectivity index (χ2v) is 5.75. The largest absolute Gasteiger partial charge is 0.405 e. The smallest absolute Gasteiger partial charge is 0.346 e. The van der Waals surface area contributed by atoms with E-state index in [1.807, 2.05) is 23.5 Å². The van der Waals surface area contributed by atoms with Gasteiger partial charge in [0.05, 0.1) is 12.6 Å². The zero-order valence-corrected chi connectivity index (χ0v) is 13.3. The first-order valence-electron chi connectivity index (χ1n) is 7.68. The Morgan fingerprint density at radius 3 is 2.58 bits per heavy atom. The number of para-hydroxylation sites is 1. The summed E-state index contributed by atoms with van der Waals surface area (Å²) in [6.45, 7) is -0.845. The van der Waals surface area contributed by atoms with E-state index >= 15 is 0 Å². The number of anilines is 1. The van der Waals surface area contributed by atoms with E-state index in [4.69, 9.17) is 0 Å². The molecular formula is C16H20F3N3O2. The number of carbonyl (C=O) groups excluding carboxylic acids is 2. The maximum atomic E-state index is 12.4. The average molecular weight is 343 g/mol. The highest BCUT2D eigenvalue weighted by Crippen LogP contribution is 2.19. The van der Waals surface area contributed by atoms with Gasteiger partial charge in [0.25, 0.3) is 0 Å². The van der Waals surface area contributed by atoms with Crippen LogP contribution in [-0.4, -0.2) is 55.6 Å². The van der Waals surface area contributed by atoms with Crippen molar-refractivity contribution in [2.24, 2.45) is 0 Å². The molecule has 1 aliphatic heterocycles. The Bertz CT molecular complexity index is 578. The van der Waals surface area contributed by atoms with Gasteiger partial charge in [-0.15, -0.1) is 0 Å². The fraction of sp³-hybridized carbons (Fsp3) is 0.500. The molecular weight excluding hydrogens is 323 g/mol. The third-order valence-corrected chi connectivity index (χ3v) is 3.99. The summed E-state index contributed by atoms with van der Waals surface area (Å²) in [7, 11) is 1.63. The number of alkyl halides is 3. The summed E-state index contributed by atoms with van der Waals surface area (Å²) in [5, 5.41) is 1.90. The Balaban J connectivity index is 1.93. The van der Waals surface area contributed by atoms with Gasteiger partial charge in [-0.05, 0) is 31.5 Å². The van der Waals surface area contributed by atoms with Crippen molar-refractivity contribution in [2.45, 2.75) is 25.1 Å². The molecule has 2 rings (SSSR count). The van der Waals surface area contributed by atoms with E-state index in [2.05, 4.69) is 0 Å². The molecule has 0 aromatic heterocycles. The molecule has 0 spiro atoms. The molecule has 0 aliphatic carbocycles. The van der Waals surface area contributed by atoms with Crippen molar-refractivity contribution in [3.05, 3.63) is 30.3 Å². The number of hydrogen-bond acceptors (Lipinski definition) is 3. The maximum absolute atomic E-state index is 12.4. The quantitative estimate of drug-likeness (QED) is 0.887. The van der Waals surface area contributed by atoms with Gasteiger partial charge in [-0.25, -0.2) is 0 Å². The summed E-state index contributed by atoms with van der Waals surface area (Å²) < 4.78 is 36.6. The molecule has 2 amide bonds. The molecule has 132 valence electrons. The van der Waals surface area contributed by atoms with Gasteiger partial charge in [0, 0.05) is 12.7 Å². The van der Waals surface area contributed by atoms with Crippen LogP contribution in [0.1, 0.15) is 12.8 Å². The summed E-state index contributed by atoms with van der Waals surface area (Å²) in [5.74, 6) is -0.892. The molecule has 0 bridgehead atoms. The normalized spacial score (nSPS) is 18.4. The summed E-state index contributed by atoms with van der Waals surface area (Å²) in [4.78, 5) is 27.4. The van der Waals surface area contributed by atoms with Crippen molar-refractivity contribution in [1.29, 1.82) is 0 Å². The van der Waals surface area contributed by atoms with Crippen LogP contribution in [0.15, 0.2) is 30.3 Å². The number of nitrogens with one attached hydrogen (secondary N) is 1. The number of benzene rings is 1. The highest BCUT2D eigenvalue weighted by molar-refractivity contribution is 5.94. The number of likely N-dealkylation sites (N-methyl/N-ethyl adjacent to an activating group) is 1. The van der Waals surface area contributed by atoms with Crippen LogP contribution in [0.5, 0.6) is 0 Å². The number of likely N-dealkylation sites (tertiary alicyclic amines) is 1. The summed E-state index contributed by atoms with van der Waals surface area (Å²) >= 11 is 0. The van der Waals surface area contributed by atoms with Gasteiger partial charge < -0.3 is 10.2 Å². The number of hydrogen-bond donors (Lipinski definition) is 1. The zero-order chi connectivity index (χ0) is 17.7. The Morgan fingerprint density at radius 2 is 1.96 bits per heavy atom. The van der Waals surface area contributed by atoms with Gasteiger partial charge in [-0.2, -0.15) is 13.2 Å². The molecule has 1 heterocycles. The fourth-order valence-electron chi connectivity index (χ4n) is 2.69. The number of rotatable bonds is 5. The van der Waals surface area contributed by atoms with Crippen molar-refractivity contribution in [2.75, 3.05) is 31.6 Å². The number of amides is 2. The van der Waals surface area contributed by atoms with Crippen LogP contribution in [0.25, 0.3) is 0 Å². The van der Waals surface area contributed by atoms with Crippen LogP contribution in [0.4, 0.5) is 18.9 Å². The molecule has 1 aromatic rings. The van der Waals surface area contributed by atoms with Crippen LogP contribution < -0.4 is 10.2 Å². The summed E-state index contributed by atoms with van der Waals surface area (Å²) in [5.41, 5.74) is 0.722. The van der Waals surface area contributed by atoms with Crippen LogP contribution in [0.3, 0.4) is 0 Å². The minimum absolute atomic E-state index is 0.00447. The first-order valence-corrected chi connectivity index (χ1v) is 7.68. The van der Waals surface area contributed by atoms with E-state index in [0.717, 1.165) is 5.69 Å². The van der Waals surface area contributed by atoms with Crippen LogP contribution in [-0.2, 0) is 9.59 Å². The lowest BCUT2D eigenvalue weighted by atomic mass is 10.2. The summed E-state index contributed by atoms with van der Waals surface area (Å²) in [6.07, 6.45) is -3.32. The maximum Gasteiger partial charge on any atom is 0.405 e. The lowest BCUT2D eigenvalue weighted by Crippen LogP contribution is -2.49. The van der Waals surface area contributed by atoms with Crippen LogP contribution in [0.2, 0.25) is 0 Å². The second-order valence-electron chi connectivity index (χ2n) is 5.75. The van der Waals surface area contributed by atoms with Crippen molar-refractivity contribution >= 4 is 17.5 Å². The molecule has 1 aromatic carbocycles. The molecule has 5 nitrogen and oxygen atoms in total. The predicted molar refractivity (Wildman–Crippen MR) is 83.5 cm³/mol. The Labute approximate surface area is 138 Å². The average Bonchev–Trinajstić information content (AvgIpc) is 3.00. The molecule has 0 radical (unpaired) electrons. The summed E-state index contributed by atoms with van der Waals surface area (Å²) in [6, 6.07) is 8.33. The van der Waals surface area contributed by atoms with Crippen LogP contribution >= 0.6 is 0 Å². The first-order chi connectivity index (χ1) is 11.3. The van der Waals surface area contributed by atoms with Gasteiger partial charge in [-0.1, -0.05) is 18.2 Å². The molecule has 1 atom stereocenters. The van der Waals surface area contributed by atoms with Crippen LogP contribution in [0, 0.1) is 0 Å². The molecule has 0 unspecified atom stereocenters. The molecule has 1 fully saturated rings. The monoisotopic (exact) mass is 343 g/mol. The molecule has 8 heteroatoms. The zero-order valence-electron chi connectivity index (χ0n) is 13.3. The van der Waals surface area contributed by atoms with Gasteiger partial charge >= 0.3 is 6.18 Å². The fourth-order valence-corrected chi connectivity index (χ4v) is 2.69. The molecule has 1 aliphatic rings. The van der Waals surface area contributed by atoms with Crippen molar-refractivity contribution < 1.29 is 22.8 Å². The Kier molecular flexibility index (Phi) is 5.82. The Morgan fingerprint density at radius 1 is 1.29 bits per heavy atom. The Hall–Kier alpha value is -2.09. The van der Waals surface area contributed by atoms with Gasteiger partial charge in [0.2, 0.25) is 11.8 Å². The predicted octanol–water partition coefficient (Wildman–Crippen LogP) is 1.79. The minimum atomic E-state index is -4.44. The van der Waals surface area contributed by atoms with Gasteiger partial charge in [-0.3, -0.25) is 14.5 Å². The SMILES string of the molecule is CN(C(=O)CN1CCC[C@@H]1C(=O)NCC(F)(F)F)c1ccccc1. The number of nitrogens with zero attached hydrogens (tertiary/aromatic N) is 2. The lowest BCUT2D eigenvalue weighted by molar-refractivity contribution is -0.141. The van der Waals surface area contributed by atoms with E-state index < -0.39 is 24.7 Å². The van der Waals surface area contributed by atoms with E-state index in [9.17, 15) is 22.8 Å². The number of carbonyl (C=O) groups is 2. The third-order valence-electron chi connectivity index (χ3n) is 3.99. The third kappa shape index (κ3) is 4.95. The molecule has 1 N–H and O–H groups in total. The molecule has 1 saturated heterocycles. The van der Waals surface area contributed by atoms with Gasteiger partial charge in [0.15, 0.2) is 0 Å². The highest BCUT2D eigenvalue weighted by atomic mass is 19.4. The van der Waals surface area contributed by atoms with Gasteiger partial charge in [0.1, 0.15) is 6.54 Å². The van der Waals surface area contributed by atoms with E-state index in [1.165, 1.54) is 4.90 Å². The second kappa shape index (κ2) is 7.65. The van der Waals surface area contributed by atoms with E-state index in [0.29, 0.717) is 19.4 Å². The topological polar surface area (TPSA) is 52.7 Å². The number of halogens is 3.